The maximum absolute atomic E-state index is 13.7. The Morgan fingerprint density at radius 3 is 2.24 bits per heavy atom. The highest BCUT2D eigenvalue weighted by Crippen LogP contribution is 2.36. The van der Waals surface area contributed by atoms with Gasteiger partial charge in [0.2, 0.25) is 11.8 Å². The molecule has 3 fully saturated rings. The number of carbonyl (C=O) groups excluding carboxylic acids is 3. The molecule has 2 aromatic rings. The van der Waals surface area contributed by atoms with Crippen LogP contribution in [0.15, 0.2) is 48.5 Å². The van der Waals surface area contributed by atoms with Gasteiger partial charge >= 0.3 is 0 Å². The molecule has 3 amide bonds. The fourth-order valence-electron chi connectivity index (χ4n) is 6.82. The van der Waals surface area contributed by atoms with Crippen LogP contribution >= 0.6 is 0 Å². The zero-order chi connectivity index (χ0) is 29.7. The molecule has 1 spiro atoms. The van der Waals surface area contributed by atoms with E-state index < -0.39 is 17.7 Å². The molecule has 5 rings (SSSR count). The summed E-state index contributed by atoms with van der Waals surface area (Å²) in [6.45, 7) is 4.70. The number of nitrogens with one attached hydrogen (secondary N) is 2. The highest BCUT2D eigenvalue weighted by Gasteiger charge is 2.55. The van der Waals surface area contributed by atoms with Crippen LogP contribution in [-0.2, 0) is 16.1 Å². The minimum Gasteiger partial charge on any atom is -0.457 e. The molecule has 2 heterocycles. The fraction of sp³-hybridized carbons (Fsp3) is 0.545. The molecule has 2 saturated heterocycles. The quantitative estimate of drug-likeness (QED) is 0.418. The molecule has 42 heavy (non-hydrogen) atoms. The van der Waals surface area contributed by atoms with Crippen molar-refractivity contribution in [1.29, 1.82) is 0 Å². The normalized spacial score (nSPS) is 22.1. The second kappa shape index (κ2) is 13.3. The molecular weight excluding hydrogens is 532 g/mol. The monoisotopic (exact) mass is 576 g/mol. The molecule has 9 heteroatoms. The van der Waals surface area contributed by atoms with Crippen molar-refractivity contribution in [3.8, 4) is 11.5 Å². The number of likely N-dealkylation sites (tertiary alicyclic amines) is 1. The first-order valence-electron chi connectivity index (χ1n) is 15.5. The third-order valence-electron chi connectivity index (χ3n) is 9.27. The average molecular weight is 577 g/mol. The summed E-state index contributed by atoms with van der Waals surface area (Å²) in [6, 6.07) is 14.1. The number of aliphatic hydroxyl groups is 1. The predicted octanol–water partition coefficient (Wildman–Crippen LogP) is 3.85. The van der Waals surface area contributed by atoms with Crippen molar-refractivity contribution >= 4 is 17.7 Å². The number of carbonyl (C=O) groups is 3. The van der Waals surface area contributed by atoms with E-state index >= 15 is 0 Å². The highest BCUT2D eigenvalue weighted by molar-refractivity contribution is 6.00. The summed E-state index contributed by atoms with van der Waals surface area (Å²) in [5.41, 5.74) is 0.865. The first kappa shape index (κ1) is 30.0. The molecule has 3 N–H and O–H groups in total. The number of amides is 3. The van der Waals surface area contributed by atoms with Gasteiger partial charge in [0.05, 0.1) is 6.10 Å². The van der Waals surface area contributed by atoms with Crippen LogP contribution in [0.3, 0.4) is 0 Å². The van der Waals surface area contributed by atoms with E-state index in [4.69, 9.17) is 4.74 Å². The van der Waals surface area contributed by atoms with Gasteiger partial charge in [-0.2, -0.15) is 0 Å². The van der Waals surface area contributed by atoms with Crippen molar-refractivity contribution in [2.45, 2.75) is 82.5 Å². The minimum atomic E-state index is -0.850. The molecule has 2 aromatic carbocycles. The van der Waals surface area contributed by atoms with Crippen LogP contribution in [0.5, 0.6) is 11.5 Å². The van der Waals surface area contributed by atoms with Gasteiger partial charge in [-0.15, -0.1) is 0 Å². The van der Waals surface area contributed by atoms with Crippen LogP contribution < -0.4 is 15.4 Å². The first-order chi connectivity index (χ1) is 20.3. The molecule has 9 nitrogen and oxygen atoms in total. The van der Waals surface area contributed by atoms with Gasteiger partial charge in [0.1, 0.15) is 23.1 Å². The van der Waals surface area contributed by atoms with E-state index in [1.165, 1.54) is 6.42 Å². The largest absolute Gasteiger partial charge is 0.457 e. The number of aliphatic hydroxyl groups excluding tert-OH is 1. The van der Waals surface area contributed by atoms with E-state index in [-0.39, 0.29) is 23.6 Å². The summed E-state index contributed by atoms with van der Waals surface area (Å²) in [6.07, 6.45) is 6.22. The van der Waals surface area contributed by atoms with Gasteiger partial charge in [-0.25, -0.2) is 0 Å². The fourth-order valence-corrected chi connectivity index (χ4v) is 6.82. The van der Waals surface area contributed by atoms with Crippen LogP contribution in [0, 0.1) is 5.92 Å². The molecule has 3 aliphatic rings. The van der Waals surface area contributed by atoms with Crippen molar-refractivity contribution in [3.05, 3.63) is 59.7 Å². The summed E-state index contributed by atoms with van der Waals surface area (Å²) in [5.74, 6) is 1.06. The number of nitrogens with zero attached hydrogens (tertiary/aromatic N) is 2. The average Bonchev–Trinajstić information content (AvgIpc) is 3.03. The van der Waals surface area contributed by atoms with Crippen molar-refractivity contribution in [1.82, 2.24) is 20.4 Å². The van der Waals surface area contributed by atoms with Gasteiger partial charge in [0.15, 0.2) is 0 Å². The molecule has 2 unspecified atom stereocenters. The maximum Gasteiger partial charge on any atom is 0.251 e. The van der Waals surface area contributed by atoms with Crippen LogP contribution in [0.4, 0.5) is 0 Å². The Morgan fingerprint density at radius 1 is 1.02 bits per heavy atom. The van der Waals surface area contributed by atoms with Crippen LogP contribution in [0.25, 0.3) is 0 Å². The molecule has 0 radical (unpaired) electrons. The second-order valence-electron chi connectivity index (χ2n) is 12.0. The molecule has 0 aromatic heterocycles. The Kier molecular flexibility index (Phi) is 9.48. The Morgan fingerprint density at radius 2 is 1.64 bits per heavy atom. The van der Waals surface area contributed by atoms with Crippen molar-refractivity contribution in [3.63, 3.8) is 0 Å². The molecule has 2 atom stereocenters. The van der Waals surface area contributed by atoms with E-state index in [0.29, 0.717) is 49.5 Å². The lowest BCUT2D eigenvalue weighted by Gasteiger charge is -2.52. The molecule has 0 bridgehead atoms. The number of hydrogen-bond donors (Lipinski definition) is 3. The Balaban J connectivity index is 1.18. The maximum atomic E-state index is 13.7. The molecule has 226 valence electrons. The van der Waals surface area contributed by atoms with E-state index in [1.807, 2.05) is 31.2 Å². The Labute approximate surface area is 248 Å². The smallest absolute Gasteiger partial charge is 0.251 e. The first-order valence-corrected chi connectivity index (χ1v) is 15.5. The van der Waals surface area contributed by atoms with Gasteiger partial charge in [-0.05, 0) is 80.0 Å². The van der Waals surface area contributed by atoms with E-state index in [2.05, 4.69) is 15.5 Å². The van der Waals surface area contributed by atoms with Gasteiger partial charge in [0, 0.05) is 38.8 Å². The van der Waals surface area contributed by atoms with Crippen LogP contribution in [-0.4, -0.2) is 77.0 Å². The Hall–Kier alpha value is -3.43. The number of piperidine rings is 1. The van der Waals surface area contributed by atoms with E-state index in [0.717, 1.165) is 44.2 Å². The molecule has 1 saturated carbocycles. The minimum absolute atomic E-state index is 0.0683. The third kappa shape index (κ3) is 6.32. The van der Waals surface area contributed by atoms with Crippen molar-refractivity contribution in [2.24, 2.45) is 5.92 Å². The number of ether oxygens (including phenoxy) is 1. The lowest BCUT2D eigenvalue weighted by molar-refractivity contribution is -0.165. The zero-order valence-electron chi connectivity index (χ0n) is 24.8. The summed E-state index contributed by atoms with van der Waals surface area (Å²) >= 11 is 0. The van der Waals surface area contributed by atoms with Crippen molar-refractivity contribution < 1.29 is 24.2 Å². The van der Waals surface area contributed by atoms with Gasteiger partial charge in [-0.1, -0.05) is 38.3 Å². The SMILES string of the molecule is CCCN1C(=O)C(C(O)C2CCCCC2)NC(=O)C12CCN(Cc1ccc(Oc3ccc(C(=O)NC)cc3)cc1)CC2. The Bertz CT molecular complexity index is 1230. The third-order valence-corrected chi connectivity index (χ3v) is 9.27. The van der Waals surface area contributed by atoms with Crippen LogP contribution in [0.1, 0.15) is 74.2 Å². The summed E-state index contributed by atoms with van der Waals surface area (Å²) < 4.78 is 5.94. The lowest BCUT2D eigenvalue weighted by Crippen LogP contribution is -2.75. The molecule has 2 aliphatic heterocycles. The van der Waals surface area contributed by atoms with Crippen molar-refractivity contribution in [2.75, 3.05) is 26.7 Å². The lowest BCUT2D eigenvalue weighted by atomic mass is 9.78. The zero-order valence-corrected chi connectivity index (χ0v) is 24.8. The van der Waals surface area contributed by atoms with Gasteiger partial charge < -0.3 is 25.4 Å². The number of benzene rings is 2. The number of piperazine rings is 1. The van der Waals surface area contributed by atoms with Gasteiger partial charge in [0.25, 0.3) is 5.91 Å². The predicted molar refractivity (Wildman–Crippen MR) is 160 cm³/mol. The van der Waals surface area contributed by atoms with E-state index in [9.17, 15) is 19.5 Å². The second-order valence-corrected chi connectivity index (χ2v) is 12.0. The molecule has 1 aliphatic carbocycles. The summed E-state index contributed by atoms with van der Waals surface area (Å²) in [4.78, 5) is 43.2. The standard InChI is InChI=1S/C33H44N4O5/c1-3-19-37-31(40)28(29(38)24-7-5-4-6-8-24)35-32(41)33(37)17-20-36(21-18-33)22-23-9-13-26(14-10-23)42-27-15-11-25(12-16-27)30(39)34-2/h9-16,24,28-29,38H,3-8,17-22H2,1-2H3,(H,34,39)(H,35,41). The highest BCUT2D eigenvalue weighted by atomic mass is 16.5. The van der Waals surface area contributed by atoms with Crippen LogP contribution in [0.2, 0.25) is 0 Å². The molecular formula is C33H44N4O5. The number of rotatable bonds is 9. The number of hydrogen-bond acceptors (Lipinski definition) is 6. The van der Waals surface area contributed by atoms with Gasteiger partial charge in [-0.3, -0.25) is 19.3 Å². The summed E-state index contributed by atoms with van der Waals surface area (Å²) in [7, 11) is 1.60. The van der Waals surface area contributed by atoms with E-state index in [1.54, 1.807) is 36.2 Å². The summed E-state index contributed by atoms with van der Waals surface area (Å²) in [5, 5.41) is 16.7. The topological polar surface area (TPSA) is 111 Å².